The third-order valence-corrected chi connectivity index (χ3v) is 3.94. The summed E-state index contributed by atoms with van der Waals surface area (Å²) in [6.45, 7) is 13.6. The lowest BCUT2D eigenvalue weighted by atomic mass is 10.0. The van der Waals surface area contributed by atoms with E-state index in [1.54, 1.807) is 23.2 Å². The van der Waals surface area contributed by atoms with Crippen molar-refractivity contribution in [2.75, 3.05) is 0 Å². The van der Waals surface area contributed by atoms with Gasteiger partial charge in [-0.2, -0.15) is 0 Å². The van der Waals surface area contributed by atoms with Crippen molar-refractivity contribution in [2.45, 2.75) is 39.5 Å². The fraction of sp³-hybridized carbons (Fsp3) is 0.316. The van der Waals surface area contributed by atoms with Gasteiger partial charge in [0, 0.05) is 22.8 Å². The molecular formula is C19H21BrN2O3. The Bertz CT molecular complexity index is 775. The van der Waals surface area contributed by atoms with Gasteiger partial charge in [-0.15, -0.1) is 0 Å². The molecule has 6 heteroatoms. The molecule has 0 radical (unpaired) electrons. The quantitative estimate of drug-likeness (QED) is 0.419. The van der Waals surface area contributed by atoms with Gasteiger partial charge < -0.3 is 4.74 Å². The number of pyridine rings is 1. The number of nitrogens with zero attached hydrogens (tertiary/aromatic N) is 2. The molecule has 0 spiro atoms. The van der Waals surface area contributed by atoms with E-state index in [4.69, 9.17) is 4.74 Å². The second kappa shape index (κ2) is 7.35. The number of halogens is 1. The van der Waals surface area contributed by atoms with Crippen LogP contribution in [-0.2, 0) is 17.8 Å². The molecule has 0 aliphatic carbocycles. The fourth-order valence-electron chi connectivity index (χ4n) is 2.41. The molecule has 0 N–H and O–H groups in total. The van der Waals surface area contributed by atoms with Crippen LogP contribution in [0.5, 0.6) is 0 Å². The van der Waals surface area contributed by atoms with E-state index in [0.29, 0.717) is 28.8 Å². The minimum atomic E-state index is -0.550. The van der Waals surface area contributed by atoms with Gasteiger partial charge in [-0.3, -0.25) is 14.7 Å². The van der Waals surface area contributed by atoms with Gasteiger partial charge in [-0.05, 0) is 38.0 Å². The van der Waals surface area contributed by atoms with Crippen LogP contribution in [0.4, 0.5) is 4.79 Å². The molecule has 0 atom stereocenters. The Morgan fingerprint density at radius 3 is 2.52 bits per heavy atom. The first kappa shape index (κ1) is 19.1. The summed E-state index contributed by atoms with van der Waals surface area (Å²) in [5, 5.41) is 0. The summed E-state index contributed by atoms with van der Waals surface area (Å²) in [6, 6.07) is 1.72. The molecule has 5 nitrogen and oxygen atoms in total. The first-order valence-corrected chi connectivity index (χ1v) is 8.59. The Balaban J connectivity index is 2.21. The summed E-state index contributed by atoms with van der Waals surface area (Å²) in [6.07, 6.45) is 4.37. The van der Waals surface area contributed by atoms with Crippen LogP contribution in [0, 0.1) is 0 Å². The smallest absolute Gasteiger partial charge is 0.410 e. The number of ether oxygens (including phenoxy) is 1. The minimum absolute atomic E-state index is 0.250. The monoisotopic (exact) mass is 404 g/mol. The van der Waals surface area contributed by atoms with E-state index >= 15 is 0 Å². The van der Waals surface area contributed by atoms with Gasteiger partial charge in [0.2, 0.25) is 5.78 Å². The van der Waals surface area contributed by atoms with Crippen LogP contribution in [-0.4, -0.2) is 27.4 Å². The minimum Gasteiger partial charge on any atom is -0.444 e. The molecule has 1 aliphatic heterocycles. The van der Waals surface area contributed by atoms with Gasteiger partial charge in [0.1, 0.15) is 11.3 Å². The molecule has 0 saturated carbocycles. The molecule has 0 saturated heterocycles. The number of allylic oxidation sites excluding steroid dienone is 4. The van der Waals surface area contributed by atoms with Gasteiger partial charge >= 0.3 is 6.09 Å². The van der Waals surface area contributed by atoms with Crippen LogP contribution in [0.25, 0.3) is 0 Å². The van der Waals surface area contributed by atoms with Crippen LogP contribution < -0.4 is 0 Å². The summed E-state index contributed by atoms with van der Waals surface area (Å²) < 4.78 is 5.86. The molecule has 2 rings (SSSR count). The van der Waals surface area contributed by atoms with E-state index in [9.17, 15) is 9.59 Å². The van der Waals surface area contributed by atoms with Crippen molar-refractivity contribution < 1.29 is 14.3 Å². The Kier molecular flexibility index (Phi) is 5.62. The summed E-state index contributed by atoms with van der Waals surface area (Å²) >= 11 is 3.23. The Morgan fingerprint density at radius 1 is 1.32 bits per heavy atom. The van der Waals surface area contributed by atoms with Crippen molar-refractivity contribution in [3.8, 4) is 0 Å². The van der Waals surface area contributed by atoms with E-state index in [-0.39, 0.29) is 11.9 Å². The van der Waals surface area contributed by atoms with E-state index in [1.807, 2.05) is 20.8 Å². The molecule has 25 heavy (non-hydrogen) atoms. The third-order valence-electron chi connectivity index (χ3n) is 3.51. The first-order valence-electron chi connectivity index (χ1n) is 7.80. The lowest BCUT2D eigenvalue weighted by Crippen LogP contribution is -2.33. The number of rotatable bonds is 4. The van der Waals surface area contributed by atoms with Crippen molar-refractivity contribution in [2.24, 2.45) is 0 Å². The normalized spacial score (nSPS) is 14.1. The van der Waals surface area contributed by atoms with Crippen molar-refractivity contribution in [3.05, 3.63) is 64.4 Å². The van der Waals surface area contributed by atoms with Crippen LogP contribution in [0.15, 0.2) is 47.6 Å². The highest BCUT2D eigenvalue weighted by atomic mass is 79.9. The number of hydrogen-bond donors (Lipinski definition) is 0. The largest absolute Gasteiger partial charge is 0.444 e. The van der Waals surface area contributed by atoms with E-state index in [2.05, 4.69) is 34.1 Å². The zero-order chi connectivity index (χ0) is 18.8. The van der Waals surface area contributed by atoms with Crippen LogP contribution in [0.3, 0.4) is 0 Å². The predicted octanol–water partition coefficient (Wildman–Crippen LogP) is 4.54. The number of hydrogen-bond acceptors (Lipinski definition) is 4. The number of Topliss-reactive ketones (excluding diaryl/α,β-unsaturated/α-hetero) is 1. The number of carbonyl (C=O) groups is 2. The Hall–Kier alpha value is -2.21. The zero-order valence-corrected chi connectivity index (χ0v) is 16.2. The lowest BCUT2D eigenvalue weighted by molar-refractivity contribution is 0.0241. The van der Waals surface area contributed by atoms with Crippen molar-refractivity contribution in [1.82, 2.24) is 9.88 Å². The summed E-state index contributed by atoms with van der Waals surface area (Å²) in [7, 11) is 0. The molecule has 132 valence electrons. The number of carbonyl (C=O) groups excluding carboxylic acids is 2. The average molecular weight is 405 g/mol. The number of amides is 1. The number of aromatic nitrogens is 1. The topological polar surface area (TPSA) is 59.5 Å². The van der Waals surface area contributed by atoms with Crippen LogP contribution in [0.1, 0.15) is 42.4 Å². The highest BCUT2D eigenvalue weighted by molar-refractivity contribution is 9.12. The third kappa shape index (κ3) is 4.66. The van der Waals surface area contributed by atoms with E-state index in [1.165, 1.54) is 6.08 Å². The van der Waals surface area contributed by atoms with Crippen molar-refractivity contribution in [1.29, 1.82) is 0 Å². The maximum absolute atomic E-state index is 12.6. The maximum Gasteiger partial charge on any atom is 0.410 e. The zero-order valence-electron chi connectivity index (χ0n) is 14.6. The molecule has 1 aromatic heterocycles. The molecule has 0 fully saturated rings. The highest BCUT2D eigenvalue weighted by Crippen LogP contribution is 2.26. The SMILES string of the molecule is C=C/C=C(\C(=C)Br)C(=O)c1cc2c(cn1)CN(C(=O)OC(C)(C)C)C2. The van der Waals surface area contributed by atoms with Crippen molar-refractivity contribution in [3.63, 3.8) is 0 Å². The van der Waals surface area contributed by atoms with E-state index < -0.39 is 5.60 Å². The molecule has 1 aromatic rings. The summed E-state index contributed by atoms with van der Waals surface area (Å²) in [4.78, 5) is 30.6. The number of fused-ring (bicyclic) bond motifs is 1. The van der Waals surface area contributed by atoms with E-state index in [0.717, 1.165) is 11.1 Å². The van der Waals surface area contributed by atoms with Gasteiger partial charge in [-0.1, -0.05) is 41.2 Å². The second-order valence-electron chi connectivity index (χ2n) is 6.72. The van der Waals surface area contributed by atoms with Gasteiger partial charge in [0.25, 0.3) is 0 Å². The average Bonchev–Trinajstić information content (AvgIpc) is 2.93. The van der Waals surface area contributed by atoms with Gasteiger partial charge in [0.05, 0.1) is 6.54 Å². The van der Waals surface area contributed by atoms with Gasteiger partial charge in [0.15, 0.2) is 0 Å². The number of ketones is 1. The van der Waals surface area contributed by atoms with Crippen LogP contribution >= 0.6 is 15.9 Å². The molecule has 0 aromatic carbocycles. The second-order valence-corrected chi connectivity index (χ2v) is 7.68. The summed E-state index contributed by atoms with van der Waals surface area (Å²) in [5.41, 5.74) is 1.95. The van der Waals surface area contributed by atoms with Crippen LogP contribution in [0.2, 0.25) is 0 Å². The standard InChI is InChI=1S/C19H21BrN2O3/c1-6-7-15(12(2)20)17(23)16-8-13-10-22(11-14(13)9-21-16)18(24)25-19(3,4)5/h6-9H,1-2,10-11H2,3-5H3/b15-7+. The molecule has 2 heterocycles. The molecule has 1 amide bonds. The molecule has 0 unspecified atom stereocenters. The molecular weight excluding hydrogens is 384 g/mol. The van der Waals surface area contributed by atoms with Crippen molar-refractivity contribution >= 4 is 27.8 Å². The molecule has 1 aliphatic rings. The first-order chi connectivity index (χ1) is 11.6. The lowest BCUT2D eigenvalue weighted by Gasteiger charge is -2.24. The highest BCUT2D eigenvalue weighted by Gasteiger charge is 2.29. The van der Waals surface area contributed by atoms with Gasteiger partial charge in [-0.25, -0.2) is 4.79 Å². The Labute approximate surface area is 156 Å². The maximum atomic E-state index is 12.6. The summed E-state index contributed by atoms with van der Waals surface area (Å²) in [5.74, 6) is -0.250. The fourth-order valence-corrected chi connectivity index (χ4v) is 2.72. The predicted molar refractivity (Wildman–Crippen MR) is 100 cm³/mol. The Morgan fingerprint density at radius 2 is 1.96 bits per heavy atom. The molecule has 0 bridgehead atoms.